The van der Waals surface area contributed by atoms with E-state index in [1.165, 1.54) is 0 Å². The largest absolute Gasteiger partial charge is 0.497 e. The topological polar surface area (TPSA) is 67.4 Å². The molecule has 0 radical (unpaired) electrons. The Morgan fingerprint density at radius 2 is 1.61 bits per heavy atom. The minimum atomic E-state index is -0.591. The first-order valence-corrected chi connectivity index (χ1v) is 9.80. The third-order valence-electron chi connectivity index (χ3n) is 5.14. The summed E-state index contributed by atoms with van der Waals surface area (Å²) in [7, 11) is 1.64. The second kappa shape index (κ2) is 8.91. The van der Waals surface area contributed by atoms with E-state index in [1.54, 1.807) is 19.2 Å². The van der Waals surface area contributed by atoms with Gasteiger partial charge in [0.05, 0.1) is 13.2 Å². The molecule has 0 aromatic heterocycles. The molecule has 0 saturated heterocycles. The summed E-state index contributed by atoms with van der Waals surface area (Å²) in [6, 6.07) is 16.1. The van der Waals surface area contributed by atoms with Crippen LogP contribution in [-0.4, -0.2) is 25.0 Å². The molecule has 2 atom stereocenters. The normalized spacial score (nSPS) is 15.6. The van der Waals surface area contributed by atoms with Gasteiger partial charge in [-0.15, -0.1) is 0 Å². The van der Waals surface area contributed by atoms with Gasteiger partial charge < -0.3 is 15.4 Å². The number of rotatable bonds is 8. The van der Waals surface area contributed by atoms with Crippen LogP contribution in [0.25, 0.3) is 0 Å². The first kappa shape index (κ1) is 19.9. The minimum absolute atomic E-state index is 0.0246. The maximum atomic E-state index is 13.0. The molecular formula is C23H28N2O3. The number of amides is 2. The van der Waals surface area contributed by atoms with Crippen molar-refractivity contribution in [3.05, 3.63) is 65.7 Å². The van der Waals surface area contributed by atoms with E-state index >= 15 is 0 Å². The Kier molecular flexibility index (Phi) is 6.34. The first-order chi connectivity index (χ1) is 13.5. The van der Waals surface area contributed by atoms with Gasteiger partial charge in [-0.1, -0.05) is 44.2 Å². The molecule has 148 valence electrons. The standard InChI is InChI=1S/C23H28N2O3/c1-15(2)20(24-22(26)18-7-5-4-6-8-18)23(27)25-21(16-9-10-16)17-11-13-19(28-3)14-12-17/h4-8,11-16,20-21H,9-10H2,1-3H3,(H,24,26)(H,25,27). The van der Waals surface area contributed by atoms with Gasteiger partial charge in [0.15, 0.2) is 0 Å². The molecule has 2 N–H and O–H groups in total. The molecule has 2 aromatic carbocycles. The molecule has 5 heteroatoms. The number of methoxy groups -OCH3 is 1. The average Bonchev–Trinajstić information content (AvgIpc) is 3.55. The Balaban J connectivity index is 1.71. The predicted molar refractivity (Wildman–Crippen MR) is 109 cm³/mol. The Morgan fingerprint density at radius 3 is 2.14 bits per heavy atom. The van der Waals surface area contributed by atoms with E-state index in [9.17, 15) is 9.59 Å². The van der Waals surface area contributed by atoms with Crippen LogP contribution in [0.2, 0.25) is 0 Å². The smallest absolute Gasteiger partial charge is 0.251 e. The molecule has 1 fully saturated rings. The lowest BCUT2D eigenvalue weighted by Crippen LogP contribution is -2.50. The Bertz CT molecular complexity index is 798. The zero-order valence-electron chi connectivity index (χ0n) is 16.6. The van der Waals surface area contributed by atoms with E-state index in [1.807, 2.05) is 56.3 Å². The van der Waals surface area contributed by atoms with Gasteiger partial charge in [0, 0.05) is 5.56 Å². The molecule has 0 bridgehead atoms. The lowest BCUT2D eigenvalue weighted by molar-refractivity contribution is -0.124. The van der Waals surface area contributed by atoms with E-state index in [0.29, 0.717) is 11.5 Å². The Hall–Kier alpha value is -2.82. The van der Waals surface area contributed by atoms with Crippen molar-refractivity contribution < 1.29 is 14.3 Å². The number of ether oxygens (including phenoxy) is 1. The van der Waals surface area contributed by atoms with Crippen LogP contribution in [-0.2, 0) is 4.79 Å². The molecule has 1 aliphatic carbocycles. The maximum absolute atomic E-state index is 13.0. The number of carbonyl (C=O) groups is 2. The van der Waals surface area contributed by atoms with Gasteiger partial charge >= 0.3 is 0 Å². The van der Waals surface area contributed by atoms with Crippen LogP contribution in [0.1, 0.15) is 48.7 Å². The molecule has 0 heterocycles. The summed E-state index contributed by atoms with van der Waals surface area (Å²) in [5.41, 5.74) is 1.61. The van der Waals surface area contributed by atoms with Crippen molar-refractivity contribution in [3.63, 3.8) is 0 Å². The van der Waals surface area contributed by atoms with Gasteiger partial charge in [0.2, 0.25) is 5.91 Å². The summed E-state index contributed by atoms with van der Waals surface area (Å²) in [5.74, 6) is 0.826. The highest BCUT2D eigenvalue weighted by Gasteiger charge is 2.35. The average molecular weight is 380 g/mol. The van der Waals surface area contributed by atoms with Crippen LogP contribution in [0.5, 0.6) is 5.75 Å². The third-order valence-corrected chi connectivity index (χ3v) is 5.14. The monoisotopic (exact) mass is 380 g/mol. The van der Waals surface area contributed by atoms with Gasteiger partial charge in [-0.25, -0.2) is 0 Å². The van der Waals surface area contributed by atoms with Crippen molar-refractivity contribution in [1.29, 1.82) is 0 Å². The highest BCUT2D eigenvalue weighted by atomic mass is 16.5. The fourth-order valence-electron chi connectivity index (χ4n) is 3.31. The van der Waals surface area contributed by atoms with Crippen molar-refractivity contribution >= 4 is 11.8 Å². The third kappa shape index (κ3) is 4.91. The van der Waals surface area contributed by atoms with Gasteiger partial charge in [-0.3, -0.25) is 9.59 Å². The summed E-state index contributed by atoms with van der Waals surface area (Å²) < 4.78 is 5.23. The van der Waals surface area contributed by atoms with Crippen molar-refractivity contribution in [2.45, 2.75) is 38.8 Å². The quantitative estimate of drug-likeness (QED) is 0.733. The lowest BCUT2D eigenvalue weighted by Gasteiger charge is -2.26. The summed E-state index contributed by atoms with van der Waals surface area (Å²) in [6.07, 6.45) is 2.19. The molecule has 2 unspecified atom stereocenters. The predicted octanol–water partition coefficient (Wildman–Crippen LogP) is 3.72. The minimum Gasteiger partial charge on any atom is -0.497 e. The van der Waals surface area contributed by atoms with Gasteiger partial charge in [0.1, 0.15) is 11.8 Å². The molecule has 1 aliphatic rings. The van der Waals surface area contributed by atoms with Crippen molar-refractivity contribution in [1.82, 2.24) is 10.6 Å². The van der Waals surface area contributed by atoms with Gasteiger partial charge in [-0.2, -0.15) is 0 Å². The van der Waals surface area contributed by atoms with Crippen LogP contribution < -0.4 is 15.4 Å². The molecule has 0 aliphatic heterocycles. The highest BCUT2D eigenvalue weighted by molar-refractivity contribution is 5.97. The van der Waals surface area contributed by atoms with E-state index in [4.69, 9.17) is 4.74 Å². The van der Waals surface area contributed by atoms with E-state index in [2.05, 4.69) is 10.6 Å². The number of hydrogen-bond acceptors (Lipinski definition) is 3. The molecule has 28 heavy (non-hydrogen) atoms. The highest BCUT2D eigenvalue weighted by Crippen LogP contribution is 2.41. The number of benzene rings is 2. The summed E-state index contributed by atoms with van der Waals surface area (Å²) in [6.45, 7) is 3.88. The summed E-state index contributed by atoms with van der Waals surface area (Å²) >= 11 is 0. The lowest BCUT2D eigenvalue weighted by atomic mass is 9.98. The molecular weight excluding hydrogens is 352 g/mol. The van der Waals surface area contributed by atoms with E-state index in [0.717, 1.165) is 24.2 Å². The SMILES string of the molecule is COc1ccc(C(NC(=O)C(NC(=O)c2ccccc2)C(C)C)C2CC2)cc1. The Morgan fingerprint density at radius 1 is 0.964 bits per heavy atom. The molecule has 0 spiro atoms. The zero-order valence-corrected chi connectivity index (χ0v) is 16.6. The zero-order chi connectivity index (χ0) is 20.1. The van der Waals surface area contributed by atoms with Crippen LogP contribution in [0.15, 0.2) is 54.6 Å². The van der Waals surface area contributed by atoms with Crippen molar-refractivity contribution in [3.8, 4) is 5.75 Å². The molecule has 5 nitrogen and oxygen atoms in total. The van der Waals surface area contributed by atoms with Crippen LogP contribution in [0.4, 0.5) is 0 Å². The fraction of sp³-hybridized carbons (Fsp3) is 0.391. The first-order valence-electron chi connectivity index (χ1n) is 9.80. The van der Waals surface area contributed by atoms with E-state index in [-0.39, 0.29) is 23.8 Å². The van der Waals surface area contributed by atoms with Crippen molar-refractivity contribution in [2.75, 3.05) is 7.11 Å². The molecule has 2 amide bonds. The van der Waals surface area contributed by atoms with Crippen LogP contribution in [0.3, 0.4) is 0 Å². The molecule has 2 aromatic rings. The molecule has 3 rings (SSSR count). The summed E-state index contributed by atoms with van der Waals surface area (Å²) in [5, 5.41) is 6.07. The Labute approximate surface area is 166 Å². The van der Waals surface area contributed by atoms with Gasteiger partial charge in [-0.05, 0) is 54.5 Å². The van der Waals surface area contributed by atoms with Crippen LogP contribution in [0, 0.1) is 11.8 Å². The van der Waals surface area contributed by atoms with Crippen molar-refractivity contribution in [2.24, 2.45) is 11.8 Å². The van der Waals surface area contributed by atoms with Gasteiger partial charge in [0.25, 0.3) is 5.91 Å². The fourth-order valence-corrected chi connectivity index (χ4v) is 3.31. The molecule has 1 saturated carbocycles. The van der Waals surface area contributed by atoms with E-state index < -0.39 is 6.04 Å². The van der Waals surface area contributed by atoms with Crippen LogP contribution >= 0.6 is 0 Å². The second-order valence-electron chi connectivity index (χ2n) is 7.66. The summed E-state index contributed by atoms with van der Waals surface area (Å²) in [4.78, 5) is 25.6. The number of hydrogen-bond donors (Lipinski definition) is 2. The second-order valence-corrected chi connectivity index (χ2v) is 7.66. The maximum Gasteiger partial charge on any atom is 0.251 e. The number of nitrogens with one attached hydrogen (secondary N) is 2. The number of carbonyl (C=O) groups excluding carboxylic acids is 2.